The van der Waals surface area contributed by atoms with Crippen LogP contribution < -0.4 is 15.4 Å². The molecule has 1 aromatic rings. The van der Waals surface area contributed by atoms with Crippen LogP contribution in [-0.4, -0.2) is 25.1 Å². The smallest absolute Gasteiger partial charge is 0.257 e. The lowest BCUT2D eigenvalue weighted by atomic mass is 10.2. The third kappa shape index (κ3) is 4.04. The molecule has 0 aliphatic heterocycles. The molecule has 0 saturated heterocycles. The SMILES string of the molecule is CCNC(=O)COc1ccccc1CNC1CC1. The average molecular weight is 248 g/mol. The Labute approximate surface area is 108 Å². The van der Waals surface area contributed by atoms with Crippen LogP contribution in [0.25, 0.3) is 0 Å². The lowest BCUT2D eigenvalue weighted by Gasteiger charge is -2.11. The van der Waals surface area contributed by atoms with Crippen molar-refractivity contribution >= 4 is 5.91 Å². The molecule has 0 heterocycles. The first kappa shape index (κ1) is 12.9. The Morgan fingerprint density at radius 2 is 2.17 bits per heavy atom. The van der Waals surface area contributed by atoms with Gasteiger partial charge in [0.15, 0.2) is 6.61 Å². The Morgan fingerprint density at radius 3 is 2.89 bits per heavy atom. The van der Waals surface area contributed by atoms with E-state index in [2.05, 4.69) is 10.6 Å². The van der Waals surface area contributed by atoms with E-state index in [0.29, 0.717) is 12.6 Å². The number of rotatable bonds is 7. The summed E-state index contributed by atoms with van der Waals surface area (Å²) in [4.78, 5) is 11.4. The van der Waals surface area contributed by atoms with Crippen LogP contribution in [0.2, 0.25) is 0 Å². The third-order valence-corrected chi connectivity index (χ3v) is 2.86. The van der Waals surface area contributed by atoms with E-state index in [1.165, 1.54) is 12.8 Å². The number of likely N-dealkylation sites (N-methyl/N-ethyl adjacent to an activating group) is 1. The van der Waals surface area contributed by atoms with Gasteiger partial charge in [-0.25, -0.2) is 0 Å². The second-order valence-electron chi connectivity index (χ2n) is 4.51. The fourth-order valence-corrected chi connectivity index (χ4v) is 1.72. The van der Waals surface area contributed by atoms with Gasteiger partial charge in [-0.2, -0.15) is 0 Å². The minimum atomic E-state index is -0.0811. The van der Waals surface area contributed by atoms with Crippen LogP contribution in [0.1, 0.15) is 25.3 Å². The fraction of sp³-hybridized carbons (Fsp3) is 0.500. The second-order valence-corrected chi connectivity index (χ2v) is 4.51. The zero-order valence-electron chi connectivity index (χ0n) is 10.7. The summed E-state index contributed by atoms with van der Waals surface area (Å²) in [6, 6.07) is 8.52. The van der Waals surface area contributed by atoms with Gasteiger partial charge in [0.1, 0.15) is 5.75 Å². The number of para-hydroxylation sites is 1. The largest absolute Gasteiger partial charge is 0.483 e. The predicted octanol–water partition coefficient (Wildman–Crippen LogP) is 1.45. The van der Waals surface area contributed by atoms with Gasteiger partial charge in [-0.3, -0.25) is 4.79 Å². The highest BCUT2D eigenvalue weighted by Gasteiger charge is 2.20. The molecule has 0 radical (unpaired) electrons. The van der Waals surface area contributed by atoms with E-state index >= 15 is 0 Å². The van der Waals surface area contributed by atoms with Crippen LogP contribution in [0.5, 0.6) is 5.75 Å². The molecule has 4 nitrogen and oxygen atoms in total. The van der Waals surface area contributed by atoms with E-state index in [4.69, 9.17) is 4.74 Å². The topological polar surface area (TPSA) is 50.4 Å². The van der Waals surface area contributed by atoms with Gasteiger partial charge in [0.25, 0.3) is 5.91 Å². The summed E-state index contributed by atoms with van der Waals surface area (Å²) >= 11 is 0. The molecule has 1 aromatic carbocycles. The Morgan fingerprint density at radius 1 is 1.39 bits per heavy atom. The molecule has 0 unspecified atom stereocenters. The number of nitrogens with one attached hydrogen (secondary N) is 2. The van der Waals surface area contributed by atoms with Crippen LogP contribution in [0, 0.1) is 0 Å². The molecule has 4 heteroatoms. The standard InChI is InChI=1S/C14H20N2O2/c1-2-15-14(17)10-18-13-6-4-3-5-11(13)9-16-12-7-8-12/h3-6,12,16H,2,7-10H2,1H3,(H,15,17). The third-order valence-electron chi connectivity index (χ3n) is 2.86. The van der Waals surface area contributed by atoms with Gasteiger partial charge in [0.05, 0.1) is 0 Å². The number of carbonyl (C=O) groups is 1. The van der Waals surface area contributed by atoms with Crippen molar-refractivity contribution < 1.29 is 9.53 Å². The summed E-state index contributed by atoms with van der Waals surface area (Å²) in [5.74, 6) is 0.708. The first-order chi connectivity index (χ1) is 8.79. The Kier molecular flexibility index (Phi) is 4.59. The van der Waals surface area contributed by atoms with Gasteiger partial charge in [-0.1, -0.05) is 18.2 Å². The molecule has 1 fully saturated rings. The van der Waals surface area contributed by atoms with Gasteiger partial charge in [-0.05, 0) is 25.8 Å². The molecule has 1 amide bonds. The summed E-state index contributed by atoms with van der Waals surface area (Å²) in [6.07, 6.45) is 2.53. The number of hydrogen-bond acceptors (Lipinski definition) is 3. The zero-order chi connectivity index (χ0) is 12.8. The van der Waals surface area contributed by atoms with Crippen molar-refractivity contribution in [3.05, 3.63) is 29.8 Å². The van der Waals surface area contributed by atoms with Crippen molar-refractivity contribution in [3.8, 4) is 5.75 Å². The minimum absolute atomic E-state index is 0.0777. The second kappa shape index (κ2) is 6.40. The van der Waals surface area contributed by atoms with Gasteiger partial charge >= 0.3 is 0 Å². The molecule has 0 aromatic heterocycles. The average Bonchev–Trinajstić information content (AvgIpc) is 3.19. The van der Waals surface area contributed by atoms with Crippen molar-refractivity contribution in [2.45, 2.75) is 32.4 Å². The van der Waals surface area contributed by atoms with E-state index in [9.17, 15) is 4.79 Å². The number of amides is 1. The molecule has 2 N–H and O–H groups in total. The molecule has 1 aliphatic rings. The molecule has 2 rings (SSSR count). The monoisotopic (exact) mass is 248 g/mol. The highest BCUT2D eigenvalue weighted by molar-refractivity contribution is 5.77. The van der Waals surface area contributed by atoms with E-state index in [1.54, 1.807) is 0 Å². The molecule has 0 bridgehead atoms. The number of ether oxygens (including phenoxy) is 1. The van der Waals surface area contributed by atoms with Crippen LogP contribution in [0.3, 0.4) is 0 Å². The number of hydrogen-bond donors (Lipinski definition) is 2. The van der Waals surface area contributed by atoms with E-state index in [1.807, 2.05) is 31.2 Å². The van der Waals surface area contributed by atoms with Crippen LogP contribution >= 0.6 is 0 Å². The molecule has 98 valence electrons. The van der Waals surface area contributed by atoms with E-state index < -0.39 is 0 Å². The van der Waals surface area contributed by atoms with Crippen LogP contribution in [-0.2, 0) is 11.3 Å². The molecule has 1 saturated carbocycles. The lowest BCUT2D eigenvalue weighted by molar-refractivity contribution is -0.122. The maximum absolute atomic E-state index is 11.4. The zero-order valence-corrected chi connectivity index (χ0v) is 10.7. The summed E-state index contributed by atoms with van der Waals surface area (Å²) in [5.41, 5.74) is 1.11. The lowest BCUT2D eigenvalue weighted by Crippen LogP contribution is -2.28. The van der Waals surface area contributed by atoms with Crippen molar-refractivity contribution in [2.75, 3.05) is 13.2 Å². The van der Waals surface area contributed by atoms with Gasteiger partial charge in [-0.15, -0.1) is 0 Å². The van der Waals surface area contributed by atoms with E-state index in [-0.39, 0.29) is 12.5 Å². The number of carbonyl (C=O) groups excluding carboxylic acids is 1. The molecule has 0 atom stereocenters. The quantitative estimate of drug-likeness (QED) is 0.768. The maximum atomic E-state index is 11.4. The van der Waals surface area contributed by atoms with Crippen molar-refractivity contribution in [2.24, 2.45) is 0 Å². The van der Waals surface area contributed by atoms with Crippen molar-refractivity contribution in [1.82, 2.24) is 10.6 Å². The van der Waals surface area contributed by atoms with Gasteiger partial charge < -0.3 is 15.4 Å². The summed E-state index contributed by atoms with van der Waals surface area (Å²) < 4.78 is 5.55. The first-order valence-corrected chi connectivity index (χ1v) is 6.50. The highest BCUT2D eigenvalue weighted by atomic mass is 16.5. The maximum Gasteiger partial charge on any atom is 0.257 e. The Hall–Kier alpha value is -1.55. The van der Waals surface area contributed by atoms with E-state index in [0.717, 1.165) is 17.9 Å². The van der Waals surface area contributed by atoms with Gasteiger partial charge in [0.2, 0.25) is 0 Å². The molecule has 18 heavy (non-hydrogen) atoms. The number of benzene rings is 1. The van der Waals surface area contributed by atoms with Crippen molar-refractivity contribution in [1.29, 1.82) is 0 Å². The molecular weight excluding hydrogens is 228 g/mol. The molecular formula is C14H20N2O2. The Bertz CT molecular complexity index is 403. The molecule has 1 aliphatic carbocycles. The fourth-order valence-electron chi connectivity index (χ4n) is 1.72. The van der Waals surface area contributed by atoms with Crippen molar-refractivity contribution in [3.63, 3.8) is 0 Å². The molecule has 0 spiro atoms. The summed E-state index contributed by atoms with van der Waals surface area (Å²) in [6.45, 7) is 3.41. The minimum Gasteiger partial charge on any atom is -0.483 e. The van der Waals surface area contributed by atoms with Crippen LogP contribution in [0.4, 0.5) is 0 Å². The highest BCUT2D eigenvalue weighted by Crippen LogP contribution is 2.22. The normalized spacial score (nSPS) is 14.3. The predicted molar refractivity (Wildman–Crippen MR) is 70.5 cm³/mol. The summed E-state index contributed by atoms with van der Waals surface area (Å²) in [7, 11) is 0. The first-order valence-electron chi connectivity index (χ1n) is 6.50. The van der Waals surface area contributed by atoms with Gasteiger partial charge in [0, 0.05) is 24.7 Å². The Balaban J connectivity index is 1.87. The summed E-state index contributed by atoms with van der Waals surface area (Å²) in [5, 5.41) is 6.16. The van der Waals surface area contributed by atoms with Crippen LogP contribution in [0.15, 0.2) is 24.3 Å².